The van der Waals surface area contributed by atoms with Gasteiger partial charge in [-0.3, -0.25) is 0 Å². The van der Waals surface area contributed by atoms with Gasteiger partial charge in [-0.1, -0.05) is 0 Å². The van der Waals surface area contributed by atoms with Crippen LogP contribution in [0.5, 0.6) is 0 Å². The van der Waals surface area contributed by atoms with Crippen LogP contribution < -0.4 is 4.90 Å². The summed E-state index contributed by atoms with van der Waals surface area (Å²) in [5.74, 6) is -2.86. The van der Waals surface area contributed by atoms with Crippen LogP contribution in [0.4, 0.5) is 18.9 Å². The van der Waals surface area contributed by atoms with Crippen molar-refractivity contribution < 1.29 is 13.2 Å². The Balaban J connectivity index is 2.23. The van der Waals surface area contributed by atoms with Gasteiger partial charge in [0.05, 0.1) is 0 Å². The molecule has 0 saturated carbocycles. The zero-order valence-corrected chi connectivity index (χ0v) is 10.0. The Labute approximate surface area is 99.2 Å². The minimum absolute atomic E-state index is 0.131. The van der Waals surface area contributed by atoms with E-state index in [0.29, 0.717) is 6.54 Å². The topological polar surface area (TPSA) is 3.24 Å². The monoisotopic (exact) mass is 243 g/mol. The van der Waals surface area contributed by atoms with Crippen molar-refractivity contribution in [2.45, 2.75) is 38.7 Å². The van der Waals surface area contributed by atoms with Gasteiger partial charge in [-0.25, -0.2) is 13.2 Å². The fourth-order valence-corrected chi connectivity index (χ4v) is 2.45. The second kappa shape index (κ2) is 4.24. The number of piperidine rings is 1. The van der Waals surface area contributed by atoms with Crippen LogP contribution in [0.1, 0.15) is 25.3 Å². The molecule has 1 nitrogen and oxygen atoms in total. The van der Waals surface area contributed by atoms with Gasteiger partial charge in [0.2, 0.25) is 0 Å². The third-order valence-electron chi connectivity index (χ3n) is 3.31. The molecule has 0 spiro atoms. The van der Waals surface area contributed by atoms with Gasteiger partial charge in [0.15, 0.2) is 0 Å². The molecule has 2 rings (SSSR count). The van der Waals surface area contributed by atoms with E-state index >= 15 is 0 Å². The normalized spacial score (nSPS) is 23.8. The molecule has 17 heavy (non-hydrogen) atoms. The van der Waals surface area contributed by atoms with Gasteiger partial charge in [-0.15, -0.1) is 0 Å². The van der Waals surface area contributed by atoms with E-state index < -0.39 is 5.92 Å². The van der Waals surface area contributed by atoms with Crippen LogP contribution in [0.25, 0.3) is 0 Å². The summed E-state index contributed by atoms with van der Waals surface area (Å²) in [5.41, 5.74) is 1.65. The smallest absolute Gasteiger partial charge is 0.251 e. The fourth-order valence-electron chi connectivity index (χ4n) is 2.45. The Hall–Kier alpha value is -1.19. The molecular formula is C13H16F3N. The molecule has 0 unspecified atom stereocenters. The maximum absolute atomic E-state index is 13.2. The lowest BCUT2D eigenvalue weighted by molar-refractivity contribution is -0.0318. The van der Waals surface area contributed by atoms with E-state index in [1.165, 1.54) is 12.1 Å². The number of rotatable bonds is 1. The molecular weight excluding hydrogens is 227 g/mol. The van der Waals surface area contributed by atoms with Crippen molar-refractivity contribution in [2.75, 3.05) is 11.4 Å². The Morgan fingerprint density at radius 3 is 2.65 bits per heavy atom. The quantitative estimate of drug-likeness (QED) is 0.726. The molecule has 1 fully saturated rings. The molecule has 0 bridgehead atoms. The van der Waals surface area contributed by atoms with Gasteiger partial charge in [0, 0.05) is 31.1 Å². The second-order valence-electron chi connectivity index (χ2n) is 4.78. The van der Waals surface area contributed by atoms with E-state index in [-0.39, 0.29) is 24.7 Å². The summed E-state index contributed by atoms with van der Waals surface area (Å²) >= 11 is 0. The van der Waals surface area contributed by atoms with Crippen molar-refractivity contribution in [3.05, 3.63) is 29.6 Å². The highest BCUT2D eigenvalue weighted by molar-refractivity contribution is 5.54. The van der Waals surface area contributed by atoms with Gasteiger partial charge < -0.3 is 4.90 Å². The number of nitrogens with zero attached hydrogens (tertiary/aromatic N) is 1. The Morgan fingerprint density at radius 2 is 2.06 bits per heavy atom. The molecule has 0 aliphatic carbocycles. The number of benzene rings is 1. The Morgan fingerprint density at radius 1 is 1.35 bits per heavy atom. The number of halogens is 3. The third kappa shape index (κ3) is 2.56. The summed E-state index contributed by atoms with van der Waals surface area (Å²) in [6.45, 7) is 3.91. The molecule has 0 aromatic heterocycles. The van der Waals surface area contributed by atoms with Crippen LogP contribution in [0, 0.1) is 12.7 Å². The number of hydrogen-bond donors (Lipinski definition) is 0. The molecule has 1 atom stereocenters. The molecule has 1 saturated heterocycles. The first-order chi connectivity index (χ1) is 7.89. The molecule has 94 valence electrons. The first-order valence-electron chi connectivity index (χ1n) is 5.80. The van der Waals surface area contributed by atoms with Crippen LogP contribution in [0.3, 0.4) is 0 Å². The molecule has 1 aliphatic rings. The lowest BCUT2D eigenvalue weighted by atomic mass is 9.98. The van der Waals surface area contributed by atoms with Crippen molar-refractivity contribution >= 4 is 5.69 Å². The summed E-state index contributed by atoms with van der Waals surface area (Å²) < 4.78 is 39.4. The van der Waals surface area contributed by atoms with Crippen LogP contribution in [-0.2, 0) is 0 Å². The van der Waals surface area contributed by atoms with E-state index in [0.717, 1.165) is 11.3 Å². The molecule has 1 heterocycles. The maximum atomic E-state index is 13.2. The number of alkyl halides is 2. The predicted molar refractivity (Wildman–Crippen MR) is 62.1 cm³/mol. The van der Waals surface area contributed by atoms with Crippen molar-refractivity contribution in [2.24, 2.45) is 0 Å². The van der Waals surface area contributed by atoms with Gasteiger partial charge in [-0.2, -0.15) is 0 Å². The predicted octanol–water partition coefficient (Wildman–Crippen LogP) is 3.76. The lowest BCUT2D eigenvalue weighted by Gasteiger charge is -2.39. The average Bonchev–Trinajstić information content (AvgIpc) is 2.18. The summed E-state index contributed by atoms with van der Waals surface area (Å²) in [6, 6.07) is 4.27. The highest BCUT2D eigenvalue weighted by Gasteiger charge is 2.38. The van der Waals surface area contributed by atoms with E-state index in [1.807, 2.05) is 4.90 Å². The maximum Gasteiger partial charge on any atom is 0.251 e. The highest BCUT2D eigenvalue weighted by Crippen LogP contribution is 2.35. The number of hydrogen-bond acceptors (Lipinski definition) is 1. The second-order valence-corrected chi connectivity index (χ2v) is 4.78. The molecule has 0 N–H and O–H groups in total. The SMILES string of the molecule is Cc1cc(F)ccc1N1CCC(F)(F)C[C@H]1C. The zero-order valence-electron chi connectivity index (χ0n) is 10.0. The summed E-state index contributed by atoms with van der Waals surface area (Å²) in [7, 11) is 0. The number of anilines is 1. The summed E-state index contributed by atoms with van der Waals surface area (Å²) in [6.07, 6.45) is -0.266. The van der Waals surface area contributed by atoms with Gasteiger partial charge in [-0.05, 0) is 37.6 Å². The average molecular weight is 243 g/mol. The third-order valence-corrected chi connectivity index (χ3v) is 3.31. The van der Waals surface area contributed by atoms with E-state index in [1.54, 1.807) is 19.9 Å². The summed E-state index contributed by atoms with van der Waals surface area (Å²) in [4.78, 5) is 1.94. The van der Waals surface area contributed by atoms with E-state index in [9.17, 15) is 13.2 Å². The van der Waals surface area contributed by atoms with Crippen LogP contribution in [0.15, 0.2) is 18.2 Å². The minimum Gasteiger partial charge on any atom is -0.368 e. The standard InChI is InChI=1S/C13H16F3N/c1-9-7-11(14)3-4-12(9)17-6-5-13(15,16)8-10(17)2/h3-4,7,10H,5-6,8H2,1-2H3/t10-/m1/s1. The highest BCUT2D eigenvalue weighted by atomic mass is 19.3. The largest absolute Gasteiger partial charge is 0.368 e. The molecule has 1 aromatic carbocycles. The van der Waals surface area contributed by atoms with Crippen molar-refractivity contribution in [1.29, 1.82) is 0 Å². The van der Waals surface area contributed by atoms with Crippen molar-refractivity contribution in [3.63, 3.8) is 0 Å². The molecule has 0 radical (unpaired) electrons. The van der Waals surface area contributed by atoms with Crippen LogP contribution in [0.2, 0.25) is 0 Å². The van der Waals surface area contributed by atoms with Gasteiger partial charge >= 0.3 is 0 Å². The minimum atomic E-state index is -2.57. The van der Waals surface area contributed by atoms with Crippen LogP contribution in [-0.4, -0.2) is 18.5 Å². The Kier molecular flexibility index (Phi) is 3.06. The first kappa shape index (κ1) is 12.3. The van der Waals surface area contributed by atoms with Gasteiger partial charge in [0.25, 0.3) is 5.92 Å². The van der Waals surface area contributed by atoms with Crippen molar-refractivity contribution in [1.82, 2.24) is 0 Å². The zero-order chi connectivity index (χ0) is 12.6. The molecule has 0 amide bonds. The van der Waals surface area contributed by atoms with E-state index in [2.05, 4.69) is 0 Å². The molecule has 4 heteroatoms. The summed E-state index contributed by atoms with van der Waals surface area (Å²) in [5, 5.41) is 0. The molecule has 1 aromatic rings. The number of aryl methyl sites for hydroxylation is 1. The first-order valence-corrected chi connectivity index (χ1v) is 5.80. The fraction of sp³-hybridized carbons (Fsp3) is 0.538. The van der Waals surface area contributed by atoms with Crippen molar-refractivity contribution in [3.8, 4) is 0 Å². The molecule has 1 aliphatic heterocycles. The van der Waals surface area contributed by atoms with E-state index in [4.69, 9.17) is 0 Å². The lowest BCUT2D eigenvalue weighted by Crippen LogP contribution is -2.45. The van der Waals surface area contributed by atoms with Crippen LogP contribution >= 0.6 is 0 Å². The Bertz CT molecular complexity index is 417. The van der Waals surface area contributed by atoms with Gasteiger partial charge in [0.1, 0.15) is 5.82 Å².